The third kappa shape index (κ3) is 5.00. The largest absolute Gasteiger partial charge is 0.491 e. The van der Waals surface area contributed by atoms with Crippen molar-refractivity contribution in [3.63, 3.8) is 0 Å². The van der Waals surface area contributed by atoms with Crippen LogP contribution < -0.4 is 4.74 Å². The molecule has 0 saturated carbocycles. The molecule has 5 heteroatoms. The first-order valence-corrected chi connectivity index (χ1v) is 9.82. The van der Waals surface area contributed by atoms with Crippen LogP contribution in [0.1, 0.15) is 16.7 Å². The molecular formula is C22H22N2O2S. The van der Waals surface area contributed by atoms with Crippen LogP contribution in [0.5, 0.6) is 5.75 Å². The topological polar surface area (TPSA) is 66.1 Å². The van der Waals surface area contributed by atoms with Gasteiger partial charge in [0.05, 0.1) is 29.1 Å². The average Bonchev–Trinajstić information content (AvgIpc) is 2.67. The molecule has 0 spiro atoms. The standard InChI is InChI=1S/C22H22N2O2S/c1-15-4-3-5-20-16(2)12-21(24-22(15)20)27-14-18(25)13-26-19-8-6-17(7-9-19)10-11-23/h3-9,12,18,25H,10,13-14H2,1-2H3/t18-/m0/s1. The van der Waals surface area contributed by atoms with E-state index < -0.39 is 6.10 Å². The minimum Gasteiger partial charge on any atom is -0.491 e. The fraction of sp³-hybridized carbons (Fsp3) is 0.273. The highest BCUT2D eigenvalue weighted by atomic mass is 32.2. The van der Waals surface area contributed by atoms with Crippen LogP contribution in [0.3, 0.4) is 0 Å². The molecule has 0 aliphatic heterocycles. The number of aromatic nitrogens is 1. The van der Waals surface area contributed by atoms with E-state index in [0.717, 1.165) is 21.7 Å². The molecule has 4 nitrogen and oxygen atoms in total. The van der Waals surface area contributed by atoms with Crippen molar-refractivity contribution < 1.29 is 9.84 Å². The zero-order valence-corrected chi connectivity index (χ0v) is 16.3. The smallest absolute Gasteiger partial charge is 0.119 e. The Hall–Kier alpha value is -2.55. The van der Waals surface area contributed by atoms with Gasteiger partial charge in [-0.2, -0.15) is 5.26 Å². The van der Waals surface area contributed by atoms with E-state index in [9.17, 15) is 5.11 Å². The number of nitriles is 1. The van der Waals surface area contributed by atoms with E-state index in [2.05, 4.69) is 38.1 Å². The molecule has 0 unspecified atom stereocenters. The van der Waals surface area contributed by atoms with Crippen LogP contribution in [0, 0.1) is 25.2 Å². The zero-order chi connectivity index (χ0) is 19.2. The lowest BCUT2D eigenvalue weighted by atomic mass is 10.1. The Balaban J connectivity index is 1.56. The Morgan fingerprint density at radius 3 is 2.67 bits per heavy atom. The zero-order valence-electron chi connectivity index (χ0n) is 15.5. The maximum atomic E-state index is 10.2. The van der Waals surface area contributed by atoms with Crippen molar-refractivity contribution in [2.45, 2.75) is 31.4 Å². The van der Waals surface area contributed by atoms with E-state index in [0.29, 0.717) is 17.9 Å². The van der Waals surface area contributed by atoms with Crippen molar-refractivity contribution in [2.24, 2.45) is 0 Å². The molecule has 1 atom stereocenters. The van der Waals surface area contributed by atoms with Gasteiger partial charge in [-0.15, -0.1) is 11.8 Å². The summed E-state index contributed by atoms with van der Waals surface area (Å²) in [6.45, 7) is 4.37. The van der Waals surface area contributed by atoms with E-state index in [1.54, 1.807) is 0 Å². The second-order valence-corrected chi connectivity index (χ2v) is 7.54. The highest BCUT2D eigenvalue weighted by Crippen LogP contribution is 2.26. The number of thioether (sulfide) groups is 1. The van der Waals surface area contributed by atoms with Gasteiger partial charge in [0.2, 0.25) is 0 Å². The van der Waals surface area contributed by atoms with Gasteiger partial charge in [-0.1, -0.05) is 30.3 Å². The third-order valence-electron chi connectivity index (χ3n) is 4.30. The maximum absolute atomic E-state index is 10.2. The summed E-state index contributed by atoms with van der Waals surface area (Å²) in [5, 5.41) is 21.0. The number of fused-ring (bicyclic) bond motifs is 1. The van der Waals surface area contributed by atoms with Crippen LogP contribution in [-0.2, 0) is 6.42 Å². The summed E-state index contributed by atoms with van der Waals surface area (Å²) in [7, 11) is 0. The first-order valence-electron chi connectivity index (χ1n) is 8.83. The molecule has 0 fully saturated rings. The summed E-state index contributed by atoms with van der Waals surface area (Å²) in [5.74, 6) is 1.20. The lowest BCUT2D eigenvalue weighted by molar-refractivity contribution is 0.126. The van der Waals surface area contributed by atoms with E-state index >= 15 is 0 Å². The first kappa shape index (κ1) is 19.2. The molecule has 3 rings (SSSR count). The van der Waals surface area contributed by atoms with E-state index in [4.69, 9.17) is 15.0 Å². The predicted octanol–water partition coefficient (Wildman–Crippen LogP) is 4.45. The number of hydrogen-bond donors (Lipinski definition) is 1. The predicted molar refractivity (Wildman–Crippen MR) is 109 cm³/mol. The Kier molecular flexibility index (Phi) is 6.33. The fourth-order valence-electron chi connectivity index (χ4n) is 2.82. The van der Waals surface area contributed by atoms with E-state index in [1.807, 2.05) is 30.3 Å². The average molecular weight is 378 g/mol. The van der Waals surface area contributed by atoms with Gasteiger partial charge >= 0.3 is 0 Å². The third-order valence-corrected chi connectivity index (χ3v) is 5.35. The summed E-state index contributed by atoms with van der Waals surface area (Å²) in [6.07, 6.45) is -0.208. The molecule has 0 bridgehead atoms. The molecule has 1 aromatic heterocycles. The van der Waals surface area contributed by atoms with Gasteiger partial charge in [0.15, 0.2) is 0 Å². The molecule has 0 amide bonds. The molecule has 0 aliphatic rings. The lowest BCUT2D eigenvalue weighted by Crippen LogP contribution is -2.20. The Labute approximate surface area is 163 Å². The van der Waals surface area contributed by atoms with Crippen molar-refractivity contribution in [1.82, 2.24) is 4.98 Å². The van der Waals surface area contributed by atoms with E-state index in [1.165, 1.54) is 22.7 Å². The van der Waals surface area contributed by atoms with Crippen molar-refractivity contribution in [1.29, 1.82) is 5.26 Å². The number of aryl methyl sites for hydroxylation is 2. The van der Waals surface area contributed by atoms with Crippen molar-refractivity contribution in [3.8, 4) is 11.8 Å². The van der Waals surface area contributed by atoms with Gasteiger partial charge in [-0.25, -0.2) is 4.98 Å². The van der Waals surface area contributed by atoms with Crippen LogP contribution in [0.15, 0.2) is 53.6 Å². The Morgan fingerprint density at radius 2 is 1.93 bits per heavy atom. The quantitative estimate of drug-likeness (QED) is 0.615. The second-order valence-electron chi connectivity index (χ2n) is 6.50. The van der Waals surface area contributed by atoms with Crippen molar-refractivity contribution in [3.05, 3.63) is 65.2 Å². The number of nitrogens with zero attached hydrogens (tertiary/aromatic N) is 2. The van der Waals surface area contributed by atoms with E-state index in [-0.39, 0.29) is 6.61 Å². The number of ether oxygens (including phenoxy) is 1. The summed E-state index contributed by atoms with van der Waals surface area (Å²) < 4.78 is 5.64. The van der Waals surface area contributed by atoms with Crippen molar-refractivity contribution in [2.75, 3.05) is 12.4 Å². The van der Waals surface area contributed by atoms with Crippen molar-refractivity contribution >= 4 is 22.7 Å². The molecule has 1 N–H and O–H groups in total. The molecule has 0 aliphatic carbocycles. The first-order chi connectivity index (χ1) is 13.1. The van der Waals surface area contributed by atoms with Crippen LogP contribution in [0.25, 0.3) is 10.9 Å². The van der Waals surface area contributed by atoms with Gasteiger partial charge in [0.25, 0.3) is 0 Å². The van der Waals surface area contributed by atoms with Gasteiger partial charge < -0.3 is 9.84 Å². The minimum absolute atomic E-state index is 0.218. The van der Waals surface area contributed by atoms with Gasteiger partial charge in [-0.3, -0.25) is 0 Å². The highest BCUT2D eigenvalue weighted by Gasteiger charge is 2.10. The lowest BCUT2D eigenvalue weighted by Gasteiger charge is -2.13. The minimum atomic E-state index is -0.594. The van der Waals surface area contributed by atoms with Crippen LogP contribution in [0.4, 0.5) is 0 Å². The highest BCUT2D eigenvalue weighted by molar-refractivity contribution is 7.99. The van der Waals surface area contributed by atoms with Crippen LogP contribution >= 0.6 is 11.8 Å². The summed E-state index contributed by atoms with van der Waals surface area (Å²) in [5.41, 5.74) is 4.31. The number of para-hydroxylation sites is 1. The number of benzene rings is 2. The molecule has 2 aromatic carbocycles. The second kappa shape index (κ2) is 8.90. The van der Waals surface area contributed by atoms with Gasteiger partial charge in [-0.05, 0) is 48.7 Å². The molecular weight excluding hydrogens is 356 g/mol. The summed E-state index contributed by atoms with van der Waals surface area (Å²) >= 11 is 1.53. The molecule has 0 radical (unpaired) electrons. The maximum Gasteiger partial charge on any atom is 0.119 e. The molecule has 0 saturated heterocycles. The number of aliphatic hydroxyl groups is 1. The number of aliphatic hydroxyl groups excluding tert-OH is 1. The SMILES string of the molecule is Cc1cc(SC[C@@H](O)COc2ccc(CC#N)cc2)nc2c(C)cccc12. The van der Waals surface area contributed by atoms with Crippen LogP contribution in [0.2, 0.25) is 0 Å². The Bertz CT molecular complexity index is 964. The molecule has 138 valence electrons. The monoisotopic (exact) mass is 378 g/mol. The van der Waals surface area contributed by atoms with Gasteiger partial charge in [0, 0.05) is 11.1 Å². The molecule has 27 heavy (non-hydrogen) atoms. The Morgan fingerprint density at radius 1 is 1.15 bits per heavy atom. The molecule has 1 heterocycles. The number of hydrogen-bond acceptors (Lipinski definition) is 5. The van der Waals surface area contributed by atoms with Crippen LogP contribution in [-0.4, -0.2) is 28.6 Å². The number of rotatable bonds is 7. The normalized spacial score (nSPS) is 11.9. The van der Waals surface area contributed by atoms with Gasteiger partial charge in [0.1, 0.15) is 12.4 Å². The summed E-state index contributed by atoms with van der Waals surface area (Å²) in [6, 6.07) is 17.8. The molecule has 3 aromatic rings. The number of pyridine rings is 1. The fourth-order valence-corrected chi connectivity index (χ4v) is 3.70. The summed E-state index contributed by atoms with van der Waals surface area (Å²) in [4.78, 5) is 4.74.